The highest BCUT2D eigenvalue weighted by Crippen LogP contribution is 2.42. The van der Waals surface area contributed by atoms with Crippen LogP contribution in [0.4, 0.5) is 31.1 Å². The van der Waals surface area contributed by atoms with Crippen molar-refractivity contribution in [3.63, 3.8) is 0 Å². The Labute approximate surface area is 127 Å². The molecule has 0 bridgehead atoms. The molecule has 0 saturated carbocycles. The van der Waals surface area contributed by atoms with Gasteiger partial charge in [-0.25, -0.2) is 0 Å². The smallest absolute Gasteiger partial charge is 0.441 e. The lowest BCUT2D eigenvalue weighted by atomic mass is 10.2. The summed E-state index contributed by atoms with van der Waals surface area (Å²) in [6, 6.07) is 3.04. The summed E-state index contributed by atoms with van der Waals surface area (Å²) >= 11 is -0.411. The lowest BCUT2D eigenvalue weighted by Gasteiger charge is -2.20. The first-order chi connectivity index (χ1) is 9.99. The molecule has 0 aliphatic carbocycles. The first-order valence-electron chi connectivity index (χ1n) is 5.60. The van der Waals surface area contributed by atoms with E-state index in [-0.39, 0.29) is 15.4 Å². The van der Waals surface area contributed by atoms with Gasteiger partial charge in [-0.15, -0.1) is 0 Å². The largest absolute Gasteiger partial charge is 0.529 e. The molecule has 1 N–H and O–H groups in total. The maximum atomic E-state index is 12.9. The van der Waals surface area contributed by atoms with Crippen LogP contribution in [0.3, 0.4) is 0 Å². The minimum absolute atomic E-state index is 0.0560. The second-order valence-electron chi connectivity index (χ2n) is 4.17. The summed E-state index contributed by atoms with van der Waals surface area (Å²) in [5, 5.41) is 5.24. The Morgan fingerprint density at radius 2 is 1.82 bits per heavy atom. The molecule has 2 atom stereocenters. The molecule has 0 aromatic heterocycles. The summed E-state index contributed by atoms with van der Waals surface area (Å²) in [6.07, 6.45) is -3.04. The standard InChI is InChI=1S/C12H6F6O2S2/c13-11(14,15)9-4-1-6-5-7(21-12(16,17)18)2-3-8(6)22(9)10(19)20/h1-5,9H/p+1. The molecule has 2 unspecified atom stereocenters. The summed E-state index contributed by atoms with van der Waals surface area (Å²) in [6.45, 7) is 0. The number of benzene rings is 1. The van der Waals surface area contributed by atoms with E-state index in [9.17, 15) is 31.1 Å². The Morgan fingerprint density at radius 1 is 1.18 bits per heavy atom. The van der Waals surface area contributed by atoms with Crippen LogP contribution in [-0.2, 0) is 10.9 Å². The maximum Gasteiger partial charge on any atom is 0.529 e. The summed E-state index contributed by atoms with van der Waals surface area (Å²) in [7, 11) is -2.20. The Hall–Kier alpha value is -1.29. The molecule has 1 aromatic carbocycles. The Morgan fingerprint density at radius 3 is 2.32 bits per heavy atom. The molecule has 0 spiro atoms. The van der Waals surface area contributed by atoms with Crippen LogP contribution < -0.4 is 0 Å². The molecule has 2 rings (SSSR count). The van der Waals surface area contributed by atoms with Crippen molar-refractivity contribution in [2.45, 2.75) is 26.7 Å². The third kappa shape index (κ3) is 3.72. The van der Waals surface area contributed by atoms with Crippen molar-refractivity contribution in [3.05, 3.63) is 29.8 Å². The van der Waals surface area contributed by atoms with Crippen molar-refractivity contribution in [2.75, 3.05) is 0 Å². The van der Waals surface area contributed by atoms with Crippen LogP contribution in [0, 0.1) is 0 Å². The zero-order chi connectivity index (χ0) is 16.7. The molecule has 0 saturated heterocycles. The van der Waals surface area contributed by atoms with Crippen molar-refractivity contribution in [1.82, 2.24) is 0 Å². The van der Waals surface area contributed by atoms with Gasteiger partial charge in [0.05, 0.1) is 0 Å². The number of carboxylic acid groups (broad SMARTS) is 1. The van der Waals surface area contributed by atoms with Crippen LogP contribution in [-0.4, -0.2) is 27.3 Å². The second kappa shape index (κ2) is 5.73. The molecular weight excluding hydrogens is 354 g/mol. The van der Waals surface area contributed by atoms with Gasteiger partial charge in [-0.3, -0.25) is 0 Å². The van der Waals surface area contributed by atoms with Crippen LogP contribution in [0.25, 0.3) is 6.08 Å². The van der Waals surface area contributed by atoms with E-state index in [1.165, 1.54) is 0 Å². The number of thioether (sulfide) groups is 1. The summed E-state index contributed by atoms with van der Waals surface area (Å²) in [5.74, 6) is 0. The van der Waals surface area contributed by atoms with Gasteiger partial charge in [0.25, 0.3) is 0 Å². The third-order valence-electron chi connectivity index (χ3n) is 2.67. The van der Waals surface area contributed by atoms with E-state index in [0.29, 0.717) is 6.08 Å². The number of hydrogen-bond acceptors (Lipinski definition) is 2. The van der Waals surface area contributed by atoms with Crippen LogP contribution in [0.15, 0.2) is 34.1 Å². The number of alkyl halides is 6. The fraction of sp³-hybridized carbons (Fsp3) is 0.250. The zero-order valence-electron chi connectivity index (χ0n) is 10.4. The molecule has 1 heterocycles. The first-order valence-corrected chi connectivity index (χ1v) is 7.70. The van der Waals surface area contributed by atoms with Crippen LogP contribution >= 0.6 is 11.8 Å². The SMILES string of the molecule is O=C(O)[S+]1c2ccc(SC(F)(F)F)cc2C=CC1C(F)(F)F. The highest BCUT2D eigenvalue weighted by molar-refractivity contribution is 8.11. The van der Waals surface area contributed by atoms with Crippen LogP contribution in [0.5, 0.6) is 0 Å². The molecular formula is C12H7F6O2S2+. The zero-order valence-corrected chi connectivity index (χ0v) is 12.0. The summed E-state index contributed by atoms with van der Waals surface area (Å²) < 4.78 is 75.6. The second-order valence-corrected chi connectivity index (χ2v) is 7.28. The van der Waals surface area contributed by atoms with Gasteiger partial charge < -0.3 is 5.11 Å². The first kappa shape index (κ1) is 17.1. The highest BCUT2D eigenvalue weighted by atomic mass is 32.2. The lowest BCUT2D eigenvalue weighted by molar-refractivity contribution is -0.120. The van der Waals surface area contributed by atoms with Crippen molar-refractivity contribution in [2.24, 2.45) is 0 Å². The van der Waals surface area contributed by atoms with Gasteiger partial charge in [-0.05, 0) is 42.1 Å². The van der Waals surface area contributed by atoms with Gasteiger partial charge in [-0.1, -0.05) is 0 Å². The van der Waals surface area contributed by atoms with Gasteiger partial charge in [0.15, 0.2) is 15.8 Å². The maximum absolute atomic E-state index is 12.9. The number of rotatable bonds is 1. The number of carbonyl (C=O) groups is 1. The minimum Gasteiger partial charge on any atom is -0.441 e. The van der Waals surface area contributed by atoms with E-state index in [1.807, 2.05) is 0 Å². The van der Waals surface area contributed by atoms with Crippen molar-refractivity contribution in [3.8, 4) is 0 Å². The summed E-state index contributed by atoms with van der Waals surface area (Å²) in [4.78, 5) is 10.8. The fourth-order valence-electron chi connectivity index (χ4n) is 1.91. The van der Waals surface area contributed by atoms with E-state index in [4.69, 9.17) is 5.11 Å². The molecule has 1 aliphatic heterocycles. The number of halogens is 6. The molecule has 1 aliphatic rings. The molecule has 1 aromatic rings. The highest BCUT2D eigenvalue weighted by Gasteiger charge is 2.57. The lowest BCUT2D eigenvalue weighted by Crippen LogP contribution is -2.40. The van der Waals surface area contributed by atoms with Crippen molar-refractivity contribution >= 4 is 34.0 Å². The van der Waals surface area contributed by atoms with Crippen molar-refractivity contribution in [1.29, 1.82) is 0 Å². The van der Waals surface area contributed by atoms with E-state index in [0.717, 1.165) is 24.3 Å². The van der Waals surface area contributed by atoms with Gasteiger partial charge in [-0.2, -0.15) is 31.1 Å². The normalized spacial score (nSPS) is 21.5. The molecule has 120 valence electrons. The molecule has 0 fully saturated rings. The van der Waals surface area contributed by atoms with E-state index < -0.39 is 44.9 Å². The van der Waals surface area contributed by atoms with E-state index in [1.54, 1.807) is 0 Å². The van der Waals surface area contributed by atoms with E-state index in [2.05, 4.69) is 0 Å². The predicted molar refractivity (Wildman–Crippen MR) is 70.9 cm³/mol. The van der Waals surface area contributed by atoms with Crippen LogP contribution in [0.1, 0.15) is 5.56 Å². The third-order valence-corrected chi connectivity index (χ3v) is 5.54. The van der Waals surface area contributed by atoms with Gasteiger partial charge in [0.1, 0.15) is 0 Å². The predicted octanol–water partition coefficient (Wildman–Crippen LogP) is 4.91. The minimum atomic E-state index is -4.74. The monoisotopic (exact) mass is 361 g/mol. The van der Waals surface area contributed by atoms with E-state index >= 15 is 0 Å². The molecule has 2 nitrogen and oxygen atoms in total. The molecule has 0 amide bonds. The molecule has 22 heavy (non-hydrogen) atoms. The van der Waals surface area contributed by atoms with Crippen molar-refractivity contribution < 1.29 is 36.2 Å². The molecule has 0 radical (unpaired) electrons. The number of fused-ring (bicyclic) bond motifs is 1. The topological polar surface area (TPSA) is 37.3 Å². The summed E-state index contributed by atoms with van der Waals surface area (Å²) in [5.41, 5.74) is -4.48. The Balaban J connectivity index is 2.44. The molecule has 10 heteroatoms. The average Bonchev–Trinajstić information content (AvgIpc) is 2.33. The number of hydrogen-bond donors (Lipinski definition) is 1. The van der Waals surface area contributed by atoms with Crippen LogP contribution in [0.2, 0.25) is 0 Å². The Bertz CT molecular complexity index is 623. The van der Waals surface area contributed by atoms with Gasteiger partial charge >= 0.3 is 17.0 Å². The van der Waals surface area contributed by atoms with Gasteiger partial charge in [0.2, 0.25) is 5.25 Å². The van der Waals surface area contributed by atoms with Gasteiger partial charge in [0, 0.05) is 10.5 Å². The Kier molecular flexibility index (Phi) is 4.44. The average molecular weight is 361 g/mol. The fourth-order valence-corrected chi connectivity index (χ4v) is 4.27. The quantitative estimate of drug-likeness (QED) is 0.439.